The third-order valence-electron chi connectivity index (χ3n) is 3.48. The van der Waals surface area contributed by atoms with Gasteiger partial charge in [-0.2, -0.15) is 0 Å². The van der Waals surface area contributed by atoms with Crippen molar-refractivity contribution >= 4 is 5.69 Å². The van der Waals surface area contributed by atoms with E-state index in [2.05, 4.69) is 49.3 Å². The first kappa shape index (κ1) is 11.5. The molecule has 1 aromatic carbocycles. The molecule has 1 atom stereocenters. The van der Waals surface area contributed by atoms with Crippen LogP contribution in [0.15, 0.2) is 18.2 Å². The molecule has 0 aromatic heterocycles. The second-order valence-corrected chi connectivity index (χ2v) is 4.91. The lowest BCUT2D eigenvalue weighted by Gasteiger charge is -2.26. The number of hydrogen-bond donors (Lipinski definition) is 1. The van der Waals surface area contributed by atoms with Crippen LogP contribution in [0.5, 0.6) is 0 Å². The molecule has 1 aromatic rings. The van der Waals surface area contributed by atoms with Gasteiger partial charge < -0.3 is 10.2 Å². The van der Waals surface area contributed by atoms with Gasteiger partial charge in [-0.25, -0.2) is 0 Å². The van der Waals surface area contributed by atoms with E-state index in [-0.39, 0.29) is 0 Å². The number of benzene rings is 1. The first-order valence-corrected chi connectivity index (χ1v) is 6.19. The average molecular weight is 218 g/mol. The molecule has 1 heterocycles. The highest BCUT2D eigenvalue weighted by atomic mass is 15.1. The van der Waals surface area contributed by atoms with Crippen LogP contribution in [0.25, 0.3) is 0 Å². The molecular weight excluding hydrogens is 196 g/mol. The smallest absolute Gasteiger partial charge is 0.0423 e. The zero-order valence-corrected chi connectivity index (χ0v) is 10.6. The molecule has 0 bridgehead atoms. The zero-order chi connectivity index (χ0) is 11.5. The van der Waals surface area contributed by atoms with Gasteiger partial charge in [0.25, 0.3) is 0 Å². The Labute approximate surface area is 98.7 Å². The molecule has 2 heteroatoms. The summed E-state index contributed by atoms with van der Waals surface area (Å²) in [6.45, 7) is 6.69. The van der Waals surface area contributed by atoms with Gasteiger partial charge >= 0.3 is 0 Å². The van der Waals surface area contributed by atoms with Crippen molar-refractivity contribution in [1.29, 1.82) is 0 Å². The van der Waals surface area contributed by atoms with Crippen LogP contribution in [0.1, 0.15) is 24.0 Å². The maximum absolute atomic E-state index is 3.55. The first-order valence-electron chi connectivity index (χ1n) is 6.19. The minimum absolute atomic E-state index is 0.670. The van der Waals surface area contributed by atoms with Gasteiger partial charge in [0.15, 0.2) is 0 Å². The summed E-state index contributed by atoms with van der Waals surface area (Å²) in [7, 11) is 2.20. The van der Waals surface area contributed by atoms with Crippen LogP contribution in [0.3, 0.4) is 0 Å². The van der Waals surface area contributed by atoms with Crippen molar-refractivity contribution in [2.75, 3.05) is 25.0 Å². The van der Waals surface area contributed by atoms with E-state index in [0.29, 0.717) is 6.04 Å². The molecule has 1 unspecified atom stereocenters. The number of hydrogen-bond acceptors (Lipinski definition) is 2. The SMILES string of the molecule is Cc1cccc(C)c1N(C)CC1CCCN1. The highest BCUT2D eigenvalue weighted by Crippen LogP contribution is 2.24. The first-order chi connectivity index (χ1) is 7.68. The Hall–Kier alpha value is -1.02. The lowest BCUT2D eigenvalue weighted by Crippen LogP contribution is -2.35. The summed E-state index contributed by atoms with van der Waals surface area (Å²) in [5.41, 5.74) is 4.15. The maximum Gasteiger partial charge on any atom is 0.0423 e. The van der Waals surface area contributed by atoms with Crippen LogP contribution in [-0.4, -0.2) is 26.2 Å². The van der Waals surface area contributed by atoms with Gasteiger partial charge in [0.2, 0.25) is 0 Å². The lowest BCUT2D eigenvalue weighted by atomic mass is 10.1. The Morgan fingerprint density at radius 2 is 2.00 bits per heavy atom. The van der Waals surface area contributed by atoms with E-state index in [1.165, 1.54) is 36.2 Å². The zero-order valence-electron chi connectivity index (χ0n) is 10.6. The molecular formula is C14H22N2. The number of nitrogens with zero attached hydrogens (tertiary/aromatic N) is 1. The molecule has 1 fully saturated rings. The average Bonchev–Trinajstić information content (AvgIpc) is 2.70. The fourth-order valence-electron chi connectivity index (χ4n) is 2.74. The molecule has 1 saturated heterocycles. The Morgan fingerprint density at radius 1 is 1.31 bits per heavy atom. The van der Waals surface area contributed by atoms with Gasteiger partial charge in [-0.15, -0.1) is 0 Å². The minimum Gasteiger partial charge on any atom is -0.373 e. The largest absolute Gasteiger partial charge is 0.373 e. The molecule has 0 saturated carbocycles. The van der Waals surface area contributed by atoms with Gasteiger partial charge in [-0.3, -0.25) is 0 Å². The standard InChI is InChI=1S/C14H22N2/c1-11-6-4-7-12(2)14(11)16(3)10-13-8-5-9-15-13/h4,6-7,13,15H,5,8-10H2,1-3H3. The molecule has 0 radical (unpaired) electrons. The summed E-state index contributed by atoms with van der Waals surface area (Å²) in [6, 6.07) is 7.20. The van der Waals surface area contributed by atoms with E-state index in [4.69, 9.17) is 0 Å². The van der Waals surface area contributed by atoms with E-state index < -0.39 is 0 Å². The van der Waals surface area contributed by atoms with Crippen LogP contribution in [0.4, 0.5) is 5.69 Å². The normalized spacial score (nSPS) is 20.1. The van der Waals surface area contributed by atoms with Crippen LogP contribution >= 0.6 is 0 Å². The number of anilines is 1. The summed E-state index contributed by atoms with van der Waals surface area (Å²) in [6.07, 6.45) is 2.64. The number of para-hydroxylation sites is 1. The second kappa shape index (κ2) is 4.88. The molecule has 1 aliphatic heterocycles. The molecule has 0 aliphatic carbocycles. The van der Waals surface area contributed by atoms with E-state index >= 15 is 0 Å². The Morgan fingerprint density at radius 3 is 2.56 bits per heavy atom. The molecule has 16 heavy (non-hydrogen) atoms. The second-order valence-electron chi connectivity index (χ2n) is 4.91. The van der Waals surface area contributed by atoms with Crippen molar-refractivity contribution in [3.63, 3.8) is 0 Å². The summed E-state index contributed by atoms with van der Waals surface area (Å²) in [5, 5.41) is 3.55. The highest BCUT2D eigenvalue weighted by molar-refractivity contribution is 5.58. The quantitative estimate of drug-likeness (QED) is 0.838. The van der Waals surface area contributed by atoms with Gasteiger partial charge in [0.05, 0.1) is 0 Å². The Bertz CT molecular complexity index is 334. The van der Waals surface area contributed by atoms with Crippen molar-refractivity contribution in [3.8, 4) is 0 Å². The summed E-state index contributed by atoms with van der Waals surface area (Å²) >= 11 is 0. The van der Waals surface area contributed by atoms with Crippen molar-refractivity contribution in [2.45, 2.75) is 32.7 Å². The van der Waals surface area contributed by atoms with Gasteiger partial charge in [-0.1, -0.05) is 18.2 Å². The Kier molecular flexibility index (Phi) is 3.49. The van der Waals surface area contributed by atoms with E-state index in [1.807, 2.05) is 0 Å². The molecule has 0 amide bonds. The van der Waals surface area contributed by atoms with E-state index in [9.17, 15) is 0 Å². The summed E-state index contributed by atoms with van der Waals surface area (Å²) in [5.74, 6) is 0. The van der Waals surface area contributed by atoms with Crippen LogP contribution in [-0.2, 0) is 0 Å². The van der Waals surface area contributed by atoms with E-state index in [0.717, 1.165) is 6.54 Å². The minimum atomic E-state index is 0.670. The van der Waals surface area contributed by atoms with Crippen molar-refractivity contribution in [1.82, 2.24) is 5.32 Å². The van der Waals surface area contributed by atoms with Crippen LogP contribution in [0, 0.1) is 13.8 Å². The summed E-state index contributed by atoms with van der Waals surface area (Å²) < 4.78 is 0. The third kappa shape index (κ3) is 2.38. The predicted octanol–water partition coefficient (Wildman–Crippen LogP) is 2.49. The maximum atomic E-state index is 3.55. The van der Waals surface area contributed by atoms with Crippen molar-refractivity contribution < 1.29 is 0 Å². The van der Waals surface area contributed by atoms with Crippen LogP contribution in [0.2, 0.25) is 0 Å². The van der Waals surface area contributed by atoms with Gasteiger partial charge in [0.1, 0.15) is 0 Å². The van der Waals surface area contributed by atoms with Gasteiger partial charge in [-0.05, 0) is 44.4 Å². The summed E-state index contributed by atoms with van der Waals surface area (Å²) in [4.78, 5) is 2.40. The van der Waals surface area contributed by atoms with Gasteiger partial charge in [0, 0.05) is 25.3 Å². The fourth-order valence-corrected chi connectivity index (χ4v) is 2.74. The lowest BCUT2D eigenvalue weighted by molar-refractivity contribution is 0.599. The Balaban J connectivity index is 2.10. The molecule has 88 valence electrons. The number of nitrogens with one attached hydrogen (secondary N) is 1. The molecule has 1 N–H and O–H groups in total. The molecule has 2 rings (SSSR count). The number of likely N-dealkylation sites (N-methyl/N-ethyl adjacent to an activating group) is 1. The van der Waals surface area contributed by atoms with E-state index in [1.54, 1.807) is 0 Å². The van der Waals surface area contributed by atoms with Crippen LogP contribution < -0.4 is 10.2 Å². The predicted molar refractivity (Wildman–Crippen MR) is 70.2 cm³/mol. The molecule has 1 aliphatic rings. The molecule has 2 nitrogen and oxygen atoms in total. The molecule has 0 spiro atoms. The van der Waals surface area contributed by atoms with Crippen molar-refractivity contribution in [2.24, 2.45) is 0 Å². The highest BCUT2D eigenvalue weighted by Gasteiger charge is 2.17. The number of rotatable bonds is 3. The number of aryl methyl sites for hydroxylation is 2. The monoisotopic (exact) mass is 218 g/mol. The third-order valence-corrected chi connectivity index (χ3v) is 3.48. The fraction of sp³-hybridized carbons (Fsp3) is 0.571. The van der Waals surface area contributed by atoms with Crippen molar-refractivity contribution in [3.05, 3.63) is 29.3 Å². The topological polar surface area (TPSA) is 15.3 Å².